The lowest BCUT2D eigenvalue weighted by atomic mass is 9.97. The molecule has 0 aromatic heterocycles. The summed E-state index contributed by atoms with van der Waals surface area (Å²) in [7, 11) is 2.10. The predicted molar refractivity (Wildman–Crippen MR) is 84.1 cm³/mol. The minimum atomic E-state index is -0.00696. The van der Waals surface area contributed by atoms with Crippen molar-refractivity contribution in [1.29, 1.82) is 0 Å². The van der Waals surface area contributed by atoms with Crippen LogP contribution in [0.15, 0.2) is 24.3 Å². The molecular weight excluding hydrogens is 262 g/mol. The zero-order valence-electron chi connectivity index (χ0n) is 12.8. The van der Waals surface area contributed by atoms with Crippen molar-refractivity contribution >= 4 is 5.91 Å². The highest BCUT2D eigenvalue weighted by Gasteiger charge is 2.38. The molecule has 1 saturated carbocycles. The number of likely N-dealkylation sites (N-methyl/N-ethyl adjacent to an activating group) is 1. The molecule has 0 spiro atoms. The number of hydrogen-bond acceptors (Lipinski definition) is 3. The van der Waals surface area contributed by atoms with Crippen molar-refractivity contribution in [2.24, 2.45) is 5.73 Å². The van der Waals surface area contributed by atoms with Crippen molar-refractivity contribution in [2.45, 2.75) is 31.2 Å². The lowest BCUT2D eigenvalue weighted by molar-refractivity contribution is -0.132. The lowest BCUT2D eigenvalue weighted by Gasteiger charge is -2.32. The molecule has 2 aliphatic rings. The molecular formula is C17H25N3O. The van der Waals surface area contributed by atoms with E-state index in [0.717, 1.165) is 51.0 Å². The van der Waals surface area contributed by atoms with Gasteiger partial charge in [0.15, 0.2) is 0 Å². The largest absolute Gasteiger partial charge is 0.340 e. The normalized spacial score (nSPS) is 21.3. The van der Waals surface area contributed by atoms with Crippen LogP contribution in [0.3, 0.4) is 0 Å². The van der Waals surface area contributed by atoms with Gasteiger partial charge in [0.2, 0.25) is 5.91 Å². The maximum absolute atomic E-state index is 12.5. The van der Waals surface area contributed by atoms with E-state index in [-0.39, 0.29) is 11.4 Å². The highest BCUT2D eigenvalue weighted by atomic mass is 16.2. The Kier molecular flexibility index (Phi) is 4.00. The molecule has 1 aliphatic carbocycles. The third-order valence-electron chi connectivity index (χ3n) is 4.75. The van der Waals surface area contributed by atoms with Crippen LogP contribution in [0, 0.1) is 0 Å². The van der Waals surface area contributed by atoms with Crippen molar-refractivity contribution in [1.82, 2.24) is 9.80 Å². The topological polar surface area (TPSA) is 49.6 Å². The summed E-state index contributed by atoms with van der Waals surface area (Å²) in [4.78, 5) is 16.7. The van der Waals surface area contributed by atoms with E-state index >= 15 is 0 Å². The molecule has 1 heterocycles. The van der Waals surface area contributed by atoms with E-state index in [1.807, 2.05) is 17.0 Å². The van der Waals surface area contributed by atoms with Gasteiger partial charge in [-0.25, -0.2) is 0 Å². The van der Waals surface area contributed by atoms with E-state index in [9.17, 15) is 4.79 Å². The van der Waals surface area contributed by atoms with Crippen LogP contribution in [0.4, 0.5) is 0 Å². The summed E-state index contributed by atoms with van der Waals surface area (Å²) >= 11 is 0. The van der Waals surface area contributed by atoms with Gasteiger partial charge >= 0.3 is 0 Å². The fraction of sp³-hybridized carbons (Fsp3) is 0.588. The van der Waals surface area contributed by atoms with E-state index in [4.69, 9.17) is 5.73 Å². The predicted octanol–water partition coefficient (Wildman–Crippen LogP) is 1.04. The number of amides is 1. The van der Waals surface area contributed by atoms with Gasteiger partial charge in [-0.3, -0.25) is 4.79 Å². The quantitative estimate of drug-likeness (QED) is 0.900. The van der Waals surface area contributed by atoms with Crippen LogP contribution in [0.2, 0.25) is 0 Å². The molecule has 0 unspecified atom stereocenters. The smallest absolute Gasteiger partial charge is 0.227 e. The Bertz CT molecular complexity index is 517. The molecule has 114 valence electrons. The van der Waals surface area contributed by atoms with Gasteiger partial charge < -0.3 is 15.5 Å². The Morgan fingerprint density at radius 1 is 1.14 bits per heavy atom. The van der Waals surface area contributed by atoms with Crippen LogP contribution in [0.1, 0.15) is 24.0 Å². The maximum Gasteiger partial charge on any atom is 0.227 e. The standard InChI is InChI=1S/C17H25N3O/c1-19-8-10-20(11-9-19)16(21)12-14-4-2-3-5-15(14)13-17(18)6-7-17/h2-5H,6-13,18H2,1H3. The van der Waals surface area contributed by atoms with E-state index in [2.05, 4.69) is 24.1 Å². The van der Waals surface area contributed by atoms with Crippen molar-refractivity contribution in [3.05, 3.63) is 35.4 Å². The molecule has 2 fully saturated rings. The van der Waals surface area contributed by atoms with Gasteiger partial charge in [0.05, 0.1) is 6.42 Å². The zero-order valence-corrected chi connectivity index (χ0v) is 12.8. The first-order valence-electron chi connectivity index (χ1n) is 7.88. The van der Waals surface area contributed by atoms with Crippen LogP contribution in [0.25, 0.3) is 0 Å². The third-order valence-corrected chi connectivity index (χ3v) is 4.75. The molecule has 2 N–H and O–H groups in total. The number of piperazine rings is 1. The van der Waals surface area contributed by atoms with Crippen LogP contribution < -0.4 is 5.73 Å². The number of carbonyl (C=O) groups excluding carboxylic acids is 1. The van der Waals surface area contributed by atoms with Gasteiger partial charge in [0, 0.05) is 31.7 Å². The number of nitrogens with two attached hydrogens (primary N) is 1. The second-order valence-corrected chi connectivity index (χ2v) is 6.67. The monoisotopic (exact) mass is 287 g/mol. The van der Waals surface area contributed by atoms with Gasteiger partial charge in [-0.1, -0.05) is 24.3 Å². The van der Waals surface area contributed by atoms with Gasteiger partial charge in [0.25, 0.3) is 0 Å². The first kappa shape index (κ1) is 14.5. The summed E-state index contributed by atoms with van der Waals surface area (Å²) in [6, 6.07) is 8.27. The van der Waals surface area contributed by atoms with Crippen LogP contribution in [-0.4, -0.2) is 54.5 Å². The van der Waals surface area contributed by atoms with E-state index in [1.54, 1.807) is 0 Å². The molecule has 21 heavy (non-hydrogen) atoms. The minimum absolute atomic E-state index is 0.00696. The number of carbonyl (C=O) groups is 1. The van der Waals surface area contributed by atoms with Gasteiger partial charge in [-0.15, -0.1) is 0 Å². The molecule has 0 bridgehead atoms. The fourth-order valence-electron chi connectivity index (χ4n) is 2.95. The Labute approximate surface area is 126 Å². The Hall–Kier alpha value is -1.39. The average molecular weight is 287 g/mol. The third kappa shape index (κ3) is 3.63. The maximum atomic E-state index is 12.5. The molecule has 1 aromatic rings. The number of benzene rings is 1. The highest BCUT2D eigenvalue weighted by Crippen LogP contribution is 2.36. The highest BCUT2D eigenvalue weighted by molar-refractivity contribution is 5.79. The van der Waals surface area contributed by atoms with Gasteiger partial charge in [-0.05, 0) is 37.4 Å². The SMILES string of the molecule is CN1CCN(C(=O)Cc2ccccc2CC2(N)CC2)CC1. The minimum Gasteiger partial charge on any atom is -0.340 e. The summed E-state index contributed by atoms with van der Waals surface area (Å²) in [5.74, 6) is 0.248. The fourth-order valence-corrected chi connectivity index (χ4v) is 2.95. The lowest BCUT2D eigenvalue weighted by Crippen LogP contribution is -2.47. The van der Waals surface area contributed by atoms with E-state index in [0.29, 0.717) is 6.42 Å². The van der Waals surface area contributed by atoms with Crippen molar-refractivity contribution in [2.75, 3.05) is 33.2 Å². The summed E-state index contributed by atoms with van der Waals surface area (Å²) in [5, 5.41) is 0. The zero-order chi connectivity index (χ0) is 14.9. The second-order valence-electron chi connectivity index (χ2n) is 6.67. The first-order chi connectivity index (χ1) is 10.1. The second kappa shape index (κ2) is 5.78. The molecule has 4 heteroatoms. The van der Waals surface area contributed by atoms with E-state index < -0.39 is 0 Å². The summed E-state index contributed by atoms with van der Waals surface area (Å²) in [5.41, 5.74) is 8.63. The molecule has 3 rings (SSSR count). The summed E-state index contributed by atoms with van der Waals surface area (Å²) < 4.78 is 0. The first-order valence-corrected chi connectivity index (χ1v) is 7.88. The molecule has 1 aromatic carbocycles. The Morgan fingerprint density at radius 2 is 1.76 bits per heavy atom. The number of rotatable bonds is 4. The van der Waals surface area contributed by atoms with Crippen molar-refractivity contribution in [3.8, 4) is 0 Å². The molecule has 0 atom stereocenters. The van der Waals surface area contributed by atoms with Crippen LogP contribution >= 0.6 is 0 Å². The molecule has 4 nitrogen and oxygen atoms in total. The number of hydrogen-bond donors (Lipinski definition) is 1. The van der Waals surface area contributed by atoms with Gasteiger partial charge in [-0.2, -0.15) is 0 Å². The molecule has 0 radical (unpaired) electrons. The van der Waals surface area contributed by atoms with Crippen molar-refractivity contribution < 1.29 is 4.79 Å². The molecule has 1 aliphatic heterocycles. The molecule has 1 saturated heterocycles. The van der Waals surface area contributed by atoms with Gasteiger partial charge in [0.1, 0.15) is 0 Å². The van der Waals surface area contributed by atoms with Crippen LogP contribution in [0.5, 0.6) is 0 Å². The summed E-state index contributed by atoms with van der Waals surface area (Å²) in [6.07, 6.45) is 3.62. The van der Waals surface area contributed by atoms with Crippen molar-refractivity contribution in [3.63, 3.8) is 0 Å². The van der Waals surface area contributed by atoms with E-state index in [1.165, 1.54) is 5.56 Å². The van der Waals surface area contributed by atoms with Crippen LogP contribution in [-0.2, 0) is 17.6 Å². The Balaban J connectivity index is 1.65. The summed E-state index contributed by atoms with van der Waals surface area (Å²) in [6.45, 7) is 3.63. The number of nitrogens with zero attached hydrogens (tertiary/aromatic N) is 2. The average Bonchev–Trinajstić information content (AvgIpc) is 3.19. The Morgan fingerprint density at radius 3 is 2.38 bits per heavy atom. The molecule has 1 amide bonds.